The molecule has 0 bridgehead atoms. The Kier molecular flexibility index (Phi) is 20.9. The van der Waals surface area contributed by atoms with Gasteiger partial charge in [0.15, 0.2) is 11.2 Å². The number of rotatable bonds is 15. The molecule has 3 heterocycles. The van der Waals surface area contributed by atoms with Gasteiger partial charge in [0.1, 0.15) is 17.6 Å². The van der Waals surface area contributed by atoms with E-state index < -0.39 is 23.5 Å². The predicted octanol–water partition coefficient (Wildman–Crippen LogP) is 4.62. The molecule has 16 heteroatoms. The Morgan fingerprint density at radius 2 is 1.52 bits per heavy atom. The number of unbranched alkanes of at least 4 members (excludes halogenated alkanes) is 2. The minimum Gasteiger partial charge on any atom is -0.480 e. The van der Waals surface area contributed by atoms with Crippen molar-refractivity contribution < 1.29 is 24.3 Å². The first-order valence-corrected chi connectivity index (χ1v) is 16.7. The van der Waals surface area contributed by atoms with Gasteiger partial charge in [-0.15, -0.1) is 0 Å². The number of carboxylic acids is 1. The van der Waals surface area contributed by atoms with Gasteiger partial charge < -0.3 is 21.5 Å². The van der Waals surface area contributed by atoms with Gasteiger partial charge in [-0.05, 0) is 37.1 Å². The number of aliphatic carboxylic acids is 1. The number of ketones is 2. The fourth-order valence-corrected chi connectivity index (χ4v) is 3.97. The average Bonchev–Trinajstić information content (AvgIpc) is 3.71. The number of amides is 1. The van der Waals surface area contributed by atoms with E-state index in [0.29, 0.717) is 42.8 Å². The number of nitrogens with zero attached hydrogens (tertiary/aromatic N) is 5. The van der Waals surface area contributed by atoms with Crippen molar-refractivity contribution in [2.75, 3.05) is 11.1 Å². The number of fused-ring (bicyclic) bond motifs is 1. The Balaban J connectivity index is 0.000000641. The van der Waals surface area contributed by atoms with Crippen LogP contribution in [0.2, 0.25) is 0 Å². The summed E-state index contributed by atoms with van der Waals surface area (Å²) in [5.41, 5.74) is 6.67. The van der Waals surface area contributed by atoms with Crippen molar-refractivity contribution in [1.29, 1.82) is 0 Å². The largest absolute Gasteiger partial charge is 0.480 e. The number of hydrogen-bond donors (Lipinski definition) is 6. The highest BCUT2D eigenvalue weighted by molar-refractivity contribution is 5.97. The van der Waals surface area contributed by atoms with Gasteiger partial charge in [-0.3, -0.25) is 24.2 Å². The van der Waals surface area contributed by atoms with Gasteiger partial charge in [-0.25, -0.2) is 14.8 Å². The van der Waals surface area contributed by atoms with E-state index in [1.807, 2.05) is 20.8 Å². The molecule has 3 aromatic heterocycles. The number of nitrogens with two attached hydrogens (primary N) is 1. The SMILES string of the molecule is CCC(=O)CC.CCCC(=O)CC[C@H](NC(=O)c1ccc(NCc2cnc3nc(N)[nH]c(=O)c3n2)cc1)C(=O)O.CCCCC.c1cn[nH]n1. The molecule has 0 fully saturated rings. The number of Topliss-reactive ketones (excluding diaryl/α,β-unsaturated/α-hetero) is 2. The number of carbonyl (C=O) groups is 4. The van der Waals surface area contributed by atoms with E-state index in [-0.39, 0.29) is 47.8 Å². The second-order valence-corrected chi connectivity index (χ2v) is 10.9. The number of benzene rings is 1. The van der Waals surface area contributed by atoms with Gasteiger partial charge in [0.05, 0.1) is 30.8 Å². The second-order valence-electron chi connectivity index (χ2n) is 10.9. The lowest BCUT2D eigenvalue weighted by Crippen LogP contribution is -2.41. The first-order valence-electron chi connectivity index (χ1n) is 16.7. The molecule has 1 aromatic carbocycles. The van der Waals surface area contributed by atoms with Crippen molar-refractivity contribution in [2.24, 2.45) is 0 Å². The van der Waals surface area contributed by atoms with Gasteiger partial charge in [0.25, 0.3) is 11.5 Å². The molecule has 0 aliphatic heterocycles. The summed E-state index contributed by atoms with van der Waals surface area (Å²) in [6.45, 7) is 10.3. The average molecular weight is 695 g/mol. The van der Waals surface area contributed by atoms with Crippen molar-refractivity contribution >= 4 is 46.2 Å². The van der Waals surface area contributed by atoms with Crippen LogP contribution in [0.4, 0.5) is 11.6 Å². The molecule has 0 saturated carbocycles. The van der Waals surface area contributed by atoms with E-state index in [2.05, 4.69) is 59.8 Å². The number of H-pyrrole nitrogens is 2. The first-order chi connectivity index (χ1) is 24.0. The van der Waals surface area contributed by atoms with Crippen molar-refractivity contribution in [3.8, 4) is 0 Å². The zero-order valence-electron chi connectivity index (χ0n) is 29.5. The number of anilines is 2. The summed E-state index contributed by atoms with van der Waals surface area (Å²) in [5.74, 6) is -1.46. The Morgan fingerprint density at radius 1 is 0.880 bits per heavy atom. The molecule has 4 rings (SSSR count). The molecule has 0 saturated heterocycles. The lowest BCUT2D eigenvalue weighted by Gasteiger charge is -2.14. The summed E-state index contributed by atoms with van der Waals surface area (Å²) in [4.78, 5) is 72.3. The van der Waals surface area contributed by atoms with E-state index in [0.717, 1.165) is 0 Å². The van der Waals surface area contributed by atoms with E-state index in [1.54, 1.807) is 36.7 Å². The van der Waals surface area contributed by atoms with Crippen LogP contribution in [0.5, 0.6) is 0 Å². The third kappa shape index (κ3) is 17.0. The molecule has 7 N–H and O–H groups in total. The lowest BCUT2D eigenvalue weighted by atomic mass is 10.1. The first kappa shape index (κ1) is 42.5. The van der Waals surface area contributed by atoms with E-state index in [9.17, 15) is 29.1 Å². The van der Waals surface area contributed by atoms with Crippen LogP contribution in [0.15, 0.2) is 47.7 Å². The number of carboxylic acid groups (broad SMARTS) is 1. The topological polar surface area (TPSA) is 252 Å². The maximum absolute atomic E-state index is 12.5. The van der Waals surface area contributed by atoms with Crippen LogP contribution in [-0.2, 0) is 20.9 Å². The molecule has 0 spiro atoms. The van der Waals surface area contributed by atoms with Crippen LogP contribution < -0.4 is 21.9 Å². The van der Waals surface area contributed by atoms with Gasteiger partial charge in [0.2, 0.25) is 5.95 Å². The Labute approximate surface area is 291 Å². The third-order valence-electron chi connectivity index (χ3n) is 6.78. The zero-order valence-corrected chi connectivity index (χ0v) is 29.5. The summed E-state index contributed by atoms with van der Waals surface area (Å²) in [7, 11) is 0. The predicted molar refractivity (Wildman–Crippen MR) is 191 cm³/mol. The van der Waals surface area contributed by atoms with Crippen LogP contribution in [0.1, 0.15) is 108 Å². The summed E-state index contributed by atoms with van der Waals surface area (Å²) in [5, 5.41) is 24.2. The molecule has 50 heavy (non-hydrogen) atoms. The van der Waals surface area contributed by atoms with Gasteiger partial charge in [0, 0.05) is 36.9 Å². The van der Waals surface area contributed by atoms with E-state index in [4.69, 9.17) is 5.73 Å². The normalized spacial score (nSPS) is 10.6. The molecule has 1 amide bonds. The molecule has 4 aromatic rings. The number of nitrogen functional groups attached to an aromatic ring is 1. The summed E-state index contributed by atoms with van der Waals surface area (Å²) in [6, 6.07) is 5.24. The molecule has 0 aliphatic rings. The highest BCUT2D eigenvalue weighted by Gasteiger charge is 2.21. The van der Waals surface area contributed by atoms with Crippen molar-refractivity contribution in [2.45, 2.75) is 105 Å². The highest BCUT2D eigenvalue weighted by Crippen LogP contribution is 2.12. The second kappa shape index (κ2) is 24.6. The maximum Gasteiger partial charge on any atom is 0.326 e. The fourth-order valence-electron chi connectivity index (χ4n) is 3.97. The van der Waals surface area contributed by atoms with Crippen LogP contribution >= 0.6 is 0 Å². The lowest BCUT2D eigenvalue weighted by molar-refractivity contribution is -0.139. The van der Waals surface area contributed by atoms with Crippen LogP contribution in [0.3, 0.4) is 0 Å². The fraction of sp³-hybridized carbons (Fsp3) is 0.471. The highest BCUT2D eigenvalue weighted by atomic mass is 16.4. The summed E-state index contributed by atoms with van der Waals surface area (Å²) >= 11 is 0. The van der Waals surface area contributed by atoms with Crippen LogP contribution in [0.25, 0.3) is 11.2 Å². The number of nitrogens with one attached hydrogen (secondary N) is 4. The molecular weight excluding hydrogens is 644 g/mol. The van der Waals surface area contributed by atoms with E-state index >= 15 is 0 Å². The smallest absolute Gasteiger partial charge is 0.326 e. The molecule has 16 nitrogen and oxygen atoms in total. The zero-order chi connectivity index (χ0) is 37.3. The third-order valence-corrected chi connectivity index (χ3v) is 6.78. The van der Waals surface area contributed by atoms with Crippen LogP contribution in [-0.4, -0.2) is 69.9 Å². The molecule has 0 radical (unpaired) electrons. The van der Waals surface area contributed by atoms with E-state index in [1.165, 1.54) is 25.5 Å². The molecular formula is C34H50N10O6. The number of hydrogen-bond acceptors (Lipinski definition) is 12. The minimum absolute atomic E-state index is 0.0282. The van der Waals surface area contributed by atoms with Gasteiger partial charge >= 0.3 is 5.97 Å². The van der Waals surface area contributed by atoms with Gasteiger partial charge in [-0.2, -0.15) is 20.4 Å². The Morgan fingerprint density at radius 3 is 2.00 bits per heavy atom. The van der Waals surface area contributed by atoms with Gasteiger partial charge in [-0.1, -0.05) is 53.9 Å². The molecule has 272 valence electrons. The maximum atomic E-state index is 12.5. The number of aromatic nitrogens is 7. The standard InChI is InChI=1S/C22H25N7O5.C5H10O.C5H12.C2H3N3/c1-2-3-15(30)8-9-16(21(33)34)27-19(31)12-4-6-13(7-5-12)24-10-14-11-25-18-17(26-14)20(32)29-22(23)28-18;1-3-5(6)4-2;1-3-5-4-2;1-2-4-5-3-1/h4-7,11,16,24H,2-3,8-10H2,1H3,(H,27,31)(H,33,34)(H3,23,25,28,29,32);3-4H2,1-2H3;3-5H2,1-2H3;1-2H,(H,3,4,5)/t16-;;;/m0.../s1. The van der Waals surface area contributed by atoms with Crippen molar-refractivity contribution in [1.82, 2.24) is 40.7 Å². The number of carbonyl (C=O) groups excluding carboxylic acids is 3. The van der Waals surface area contributed by atoms with Crippen LogP contribution in [0, 0.1) is 0 Å². The molecule has 1 atom stereocenters. The quantitative estimate of drug-likeness (QED) is 0.0995. The minimum atomic E-state index is -1.19. The Bertz CT molecular complexity index is 1620. The van der Waals surface area contributed by atoms with Crippen molar-refractivity contribution in [3.05, 3.63) is 64.5 Å². The summed E-state index contributed by atoms with van der Waals surface area (Å²) in [6.07, 6.45) is 11.3. The number of aromatic amines is 2. The molecule has 0 aliphatic carbocycles. The monoisotopic (exact) mass is 694 g/mol. The Hall–Kier alpha value is -5.54. The molecule has 0 unspecified atom stereocenters. The van der Waals surface area contributed by atoms with Crippen molar-refractivity contribution in [3.63, 3.8) is 0 Å². The summed E-state index contributed by atoms with van der Waals surface area (Å²) < 4.78 is 0.